The van der Waals surface area contributed by atoms with Gasteiger partial charge in [0.15, 0.2) is 6.04 Å². The van der Waals surface area contributed by atoms with E-state index in [0.717, 1.165) is 0 Å². The van der Waals surface area contributed by atoms with Crippen molar-refractivity contribution in [2.24, 2.45) is 0 Å². The Hall–Kier alpha value is -2.48. The Kier molecular flexibility index (Phi) is 5.50. The molecule has 2 aromatic rings. The predicted molar refractivity (Wildman–Crippen MR) is 90.0 cm³/mol. The zero-order valence-electron chi connectivity index (χ0n) is 13.3. The highest BCUT2D eigenvalue weighted by molar-refractivity contribution is 9.10. The number of rotatable bonds is 5. The van der Waals surface area contributed by atoms with Gasteiger partial charge in [0.05, 0.1) is 22.8 Å². The highest BCUT2D eigenvalue weighted by Gasteiger charge is 2.24. The lowest BCUT2D eigenvalue weighted by Crippen LogP contribution is -2.34. The Bertz CT molecular complexity index is 795. The molecule has 0 spiro atoms. The number of nitrogens with one attached hydrogen (secondary N) is 1. The summed E-state index contributed by atoms with van der Waals surface area (Å²) in [4.78, 5) is 32.1. The second-order valence-electron chi connectivity index (χ2n) is 5.05. The molecule has 7 nitrogen and oxygen atoms in total. The standard InChI is InChI=1S/C16H16BrN3O4/c1-8-11(7-18-9(2)19-8)15(21)20-14(16(22)23)10-4-5-13(24-3)12(17)6-10/h4-7,14H,1-3H3,(H,20,21)(H,22,23). The van der Waals surface area contributed by atoms with E-state index < -0.39 is 17.9 Å². The molecular weight excluding hydrogens is 378 g/mol. The molecule has 8 heteroatoms. The minimum absolute atomic E-state index is 0.236. The molecule has 1 amide bonds. The first kappa shape index (κ1) is 17.9. The SMILES string of the molecule is COc1ccc(C(NC(=O)c2cnc(C)nc2C)C(=O)O)cc1Br. The summed E-state index contributed by atoms with van der Waals surface area (Å²) in [5.41, 5.74) is 1.13. The number of methoxy groups -OCH3 is 1. The molecule has 2 N–H and O–H groups in total. The molecule has 0 fully saturated rings. The number of carbonyl (C=O) groups excluding carboxylic acids is 1. The van der Waals surface area contributed by atoms with Crippen molar-refractivity contribution in [2.75, 3.05) is 7.11 Å². The van der Waals surface area contributed by atoms with Gasteiger partial charge >= 0.3 is 5.97 Å². The normalized spacial score (nSPS) is 11.7. The van der Waals surface area contributed by atoms with E-state index in [1.165, 1.54) is 13.3 Å². The van der Waals surface area contributed by atoms with Gasteiger partial charge in [0.2, 0.25) is 0 Å². The first-order chi connectivity index (χ1) is 11.3. The van der Waals surface area contributed by atoms with Gasteiger partial charge in [-0.25, -0.2) is 14.8 Å². The quantitative estimate of drug-likeness (QED) is 0.808. The van der Waals surface area contributed by atoms with Crippen LogP contribution in [0.2, 0.25) is 0 Å². The highest BCUT2D eigenvalue weighted by Crippen LogP contribution is 2.28. The first-order valence-electron chi connectivity index (χ1n) is 7.00. The topological polar surface area (TPSA) is 101 Å². The van der Waals surface area contributed by atoms with Gasteiger partial charge in [0.25, 0.3) is 5.91 Å². The van der Waals surface area contributed by atoms with Gasteiger partial charge < -0.3 is 15.2 Å². The fourth-order valence-corrected chi connectivity index (χ4v) is 2.72. The number of benzene rings is 1. The number of hydrogen-bond donors (Lipinski definition) is 2. The van der Waals surface area contributed by atoms with Gasteiger partial charge in [-0.15, -0.1) is 0 Å². The van der Waals surface area contributed by atoms with Crippen molar-refractivity contribution in [1.82, 2.24) is 15.3 Å². The van der Waals surface area contributed by atoms with Gasteiger partial charge in [0, 0.05) is 6.20 Å². The van der Waals surface area contributed by atoms with Gasteiger partial charge in [-0.1, -0.05) is 6.07 Å². The summed E-state index contributed by atoms with van der Waals surface area (Å²) in [7, 11) is 1.51. The molecular formula is C16H16BrN3O4. The van der Waals surface area contributed by atoms with E-state index in [2.05, 4.69) is 31.2 Å². The molecule has 0 bridgehead atoms. The average Bonchev–Trinajstić information content (AvgIpc) is 2.52. The zero-order valence-corrected chi connectivity index (χ0v) is 14.9. The van der Waals surface area contributed by atoms with E-state index in [0.29, 0.717) is 27.3 Å². The Morgan fingerprint density at radius 2 is 2.04 bits per heavy atom. The third-order valence-corrected chi connectivity index (χ3v) is 4.00. The molecule has 1 aromatic carbocycles. The lowest BCUT2D eigenvalue weighted by molar-refractivity contribution is -0.139. The lowest BCUT2D eigenvalue weighted by atomic mass is 10.1. The number of carbonyl (C=O) groups is 2. The van der Waals surface area contributed by atoms with Crippen LogP contribution < -0.4 is 10.1 Å². The minimum Gasteiger partial charge on any atom is -0.496 e. The maximum absolute atomic E-state index is 12.4. The fraction of sp³-hybridized carbons (Fsp3) is 0.250. The third kappa shape index (κ3) is 3.88. The fourth-order valence-electron chi connectivity index (χ4n) is 2.16. The summed E-state index contributed by atoms with van der Waals surface area (Å²) >= 11 is 3.30. The van der Waals surface area contributed by atoms with E-state index in [1.807, 2.05) is 0 Å². The van der Waals surface area contributed by atoms with E-state index in [-0.39, 0.29) is 5.56 Å². The van der Waals surface area contributed by atoms with E-state index in [4.69, 9.17) is 4.74 Å². The summed E-state index contributed by atoms with van der Waals surface area (Å²) in [6.45, 7) is 3.38. The van der Waals surface area contributed by atoms with Gasteiger partial charge in [-0.05, 0) is 47.5 Å². The number of hydrogen-bond acceptors (Lipinski definition) is 5. The number of halogens is 1. The molecule has 1 aromatic heterocycles. The number of carboxylic acids is 1. The Labute approximate surface area is 147 Å². The summed E-state index contributed by atoms with van der Waals surface area (Å²) < 4.78 is 5.71. The van der Waals surface area contributed by atoms with E-state index >= 15 is 0 Å². The van der Waals surface area contributed by atoms with Crippen LogP contribution in [-0.4, -0.2) is 34.1 Å². The molecule has 0 saturated carbocycles. The van der Waals surface area contributed by atoms with Crippen molar-refractivity contribution in [1.29, 1.82) is 0 Å². The van der Waals surface area contributed by atoms with Crippen LogP contribution in [0.1, 0.15) is 33.5 Å². The zero-order chi connectivity index (χ0) is 17.9. The van der Waals surface area contributed by atoms with Crippen molar-refractivity contribution in [3.63, 3.8) is 0 Å². The smallest absolute Gasteiger partial charge is 0.330 e. The molecule has 0 aliphatic rings. The average molecular weight is 394 g/mol. The van der Waals surface area contributed by atoms with Gasteiger partial charge in [0.1, 0.15) is 11.6 Å². The summed E-state index contributed by atoms with van der Waals surface area (Å²) in [6.07, 6.45) is 1.38. The molecule has 1 atom stereocenters. The van der Waals surface area contributed by atoms with Crippen molar-refractivity contribution < 1.29 is 19.4 Å². The monoisotopic (exact) mass is 393 g/mol. The molecule has 0 radical (unpaired) electrons. The van der Waals surface area contributed by atoms with Gasteiger partial charge in [-0.3, -0.25) is 4.79 Å². The van der Waals surface area contributed by atoms with E-state index in [1.54, 1.807) is 32.0 Å². The van der Waals surface area contributed by atoms with Crippen molar-refractivity contribution in [3.05, 3.63) is 51.5 Å². The van der Waals surface area contributed by atoms with Crippen LogP contribution in [0.5, 0.6) is 5.75 Å². The summed E-state index contributed by atoms with van der Waals surface area (Å²) in [5, 5.41) is 12.0. The molecule has 0 saturated heterocycles. The lowest BCUT2D eigenvalue weighted by Gasteiger charge is -2.16. The largest absolute Gasteiger partial charge is 0.496 e. The van der Waals surface area contributed by atoms with Crippen LogP contribution in [0.15, 0.2) is 28.9 Å². The molecule has 2 rings (SSSR count). The maximum atomic E-state index is 12.4. The first-order valence-corrected chi connectivity index (χ1v) is 7.80. The highest BCUT2D eigenvalue weighted by atomic mass is 79.9. The van der Waals surface area contributed by atoms with Crippen LogP contribution in [0.3, 0.4) is 0 Å². The molecule has 1 unspecified atom stereocenters. The number of nitrogens with zero attached hydrogens (tertiary/aromatic N) is 2. The van der Waals surface area contributed by atoms with Crippen LogP contribution in [-0.2, 0) is 4.79 Å². The van der Waals surface area contributed by atoms with Gasteiger partial charge in [-0.2, -0.15) is 0 Å². The molecule has 0 aliphatic carbocycles. The Morgan fingerprint density at radius 1 is 1.33 bits per heavy atom. The molecule has 1 heterocycles. The number of aliphatic carboxylic acids is 1. The number of aromatic nitrogens is 2. The third-order valence-electron chi connectivity index (χ3n) is 3.38. The van der Waals surface area contributed by atoms with Crippen LogP contribution in [0, 0.1) is 13.8 Å². The molecule has 0 aliphatic heterocycles. The van der Waals surface area contributed by atoms with E-state index in [9.17, 15) is 14.7 Å². The Morgan fingerprint density at radius 3 is 2.58 bits per heavy atom. The molecule has 126 valence electrons. The second-order valence-corrected chi connectivity index (χ2v) is 5.91. The van der Waals surface area contributed by atoms with Crippen molar-refractivity contribution >= 4 is 27.8 Å². The second kappa shape index (κ2) is 7.39. The number of aryl methyl sites for hydroxylation is 2. The van der Waals surface area contributed by atoms with Crippen LogP contribution in [0.25, 0.3) is 0 Å². The summed E-state index contributed by atoms with van der Waals surface area (Å²) in [5.74, 6) is -0.618. The Balaban J connectivity index is 2.30. The predicted octanol–water partition coefficient (Wildman–Crippen LogP) is 2.42. The van der Waals surface area contributed by atoms with Crippen molar-refractivity contribution in [3.8, 4) is 5.75 Å². The van der Waals surface area contributed by atoms with Crippen LogP contribution in [0.4, 0.5) is 0 Å². The van der Waals surface area contributed by atoms with Crippen molar-refractivity contribution in [2.45, 2.75) is 19.9 Å². The number of ether oxygens (including phenoxy) is 1. The number of carboxylic acid groups (broad SMARTS) is 1. The molecule has 24 heavy (non-hydrogen) atoms. The van der Waals surface area contributed by atoms with Crippen LogP contribution >= 0.6 is 15.9 Å². The number of amides is 1. The summed E-state index contributed by atoms with van der Waals surface area (Å²) in [6, 6.07) is 3.60. The maximum Gasteiger partial charge on any atom is 0.330 e. The minimum atomic E-state index is -1.21.